The quantitative estimate of drug-likeness (QED) is 0.0979. The Labute approximate surface area is 287 Å². The summed E-state index contributed by atoms with van der Waals surface area (Å²) in [6, 6.07) is 41.0. The van der Waals surface area contributed by atoms with Crippen LogP contribution < -0.4 is 34.9 Å². The maximum Gasteiger partial charge on any atom is 0.340 e. The summed E-state index contributed by atoms with van der Waals surface area (Å²) in [5, 5.41) is 4.22. The molecule has 0 aliphatic heterocycles. The van der Waals surface area contributed by atoms with E-state index in [0.29, 0.717) is 56.9 Å². The van der Waals surface area contributed by atoms with E-state index in [1.54, 1.807) is 28.4 Å². The molecule has 6 aromatic rings. The van der Waals surface area contributed by atoms with Crippen molar-refractivity contribution < 1.29 is 28.5 Å². The molecule has 0 spiro atoms. The van der Waals surface area contributed by atoms with Crippen molar-refractivity contribution in [1.29, 1.82) is 0 Å². The fourth-order valence-electron chi connectivity index (χ4n) is 6.46. The number of nitrogens with zero attached hydrogens (tertiary/aromatic N) is 1. The Morgan fingerprint density at radius 1 is 0.612 bits per heavy atom. The van der Waals surface area contributed by atoms with Crippen molar-refractivity contribution in [3.63, 3.8) is 0 Å². The molecule has 7 nitrogen and oxygen atoms in total. The molecule has 0 atom stereocenters. The molecular weight excluding hydrogens is 633 g/mol. The van der Waals surface area contributed by atoms with Crippen LogP contribution in [0.2, 0.25) is 0 Å². The summed E-state index contributed by atoms with van der Waals surface area (Å²) >= 11 is 0. The number of hydrogen-bond acceptors (Lipinski definition) is 7. The van der Waals surface area contributed by atoms with Crippen LogP contribution in [0, 0.1) is 0 Å². The Morgan fingerprint density at radius 3 is 1.59 bits per heavy atom. The zero-order valence-electron chi connectivity index (χ0n) is 28.3. The Balaban J connectivity index is 1.77. The molecule has 5 aromatic carbocycles. The monoisotopic (exact) mass is 672 g/mol. The van der Waals surface area contributed by atoms with E-state index in [1.165, 1.54) is 15.9 Å². The largest absolute Gasteiger partial charge is 0.493 e. The first-order chi connectivity index (χ1) is 24.0. The van der Waals surface area contributed by atoms with Crippen LogP contribution in [-0.4, -0.2) is 46.0 Å². The Morgan fingerprint density at radius 2 is 1.10 bits per heavy atom. The van der Waals surface area contributed by atoms with Crippen LogP contribution in [0.25, 0.3) is 22.0 Å². The van der Waals surface area contributed by atoms with Gasteiger partial charge in [-0.15, -0.1) is 0 Å². The van der Waals surface area contributed by atoms with E-state index in [1.807, 2.05) is 55.5 Å². The maximum absolute atomic E-state index is 14.4. The molecule has 6 rings (SSSR count). The van der Waals surface area contributed by atoms with Crippen molar-refractivity contribution in [3.05, 3.63) is 133 Å². The van der Waals surface area contributed by atoms with Crippen molar-refractivity contribution in [2.45, 2.75) is 13.1 Å². The topological polar surface area (TPSA) is 76.1 Å². The van der Waals surface area contributed by atoms with Gasteiger partial charge in [0.15, 0.2) is 23.0 Å². The number of esters is 1. The number of carbonyl (C=O) groups excluding carboxylic acids is 1. The van der Waals surface area contributed by atoms with Gasteiger partial charge < -0.3 is 23.7 Å². The number of carbonyl (C=O) groups is 1. The van der Waals surface area contributed by atoms with E-state index in [0.717, 1.165) is 5.56 Å². The zero-order valence-corrected chi connectivity index (χ0v) is 29.2. The lowest BCUT2D eigenvalue weighted by molar-refractivity contribution is 0.0526. The standard InChI is InChI=1S/C41H39NO6P/c1-6-48-41(43)40-34(27-49(29-16-10-7-11-17-29,30-18-12-8-13-19-30)31-20-14-9-15-21-31)42-33-26-38(47-5)37(46-4)25-32(33)39(40)28-22-23-35(44-2)36(24-28)45-3/h7-26H,6,27H2,1-5H3/q+1. The lowest BCUT2D eigenvalue weighted by Gasteiger charge is -2.28. The average molecular weight is 673 g/mol. The number of ether oxygens (including phenoxy) is 5. The Hall–Kier alpha value is -5.39. The summed E-state index contributed by atoms with van der Waals surface area (Å²) in [5.74, 6) is 1.69. The first-order valence-electron chi connectivity index (χ1n) is 16.0. The normalized spacial score (nSPS) is 11.2. The molecule has 0 aliphatic rings. The van der Waals surface area contributed by atoms with Crippen LogP contribution in [0.5, 0.6) is 23.0 Å². The highest BCUT2D eigenvalue weighted by molar-refractivity contribution is 7.95. The molecule has 0 aliphatic carbocycles. The second-order valence-corrected chi connectivity index (χ2v) is 14.8. The van der Waals surface area contributed by atoms with Gasteiger partial charge in [-0.25, -0.2) is 9.78 Å². The van der Waals surface area contributed by atoms with Crippen LogP contribution in [0.1, 0.15) is 23.0 Å². The molecule has 0 saturated heterocycles. The van der Waals surface area contributed by atoms with Gasteiger partial charge in [-0.05, 0) is 67.1 Å². The van der Waals surface area contributed by atoms with Gasteiger partial charge >= 0.3 is 5.97 Å². The van der Waals surface area contributed by atoms with Gasteiger partial charge in [0.05, 0.1) is 51.8 Å². The minimum Gasteiger partial charge on any atom is -0.493 e. The third-order valence-electron chi connectivity index (χ3n) is 8.69. The van der Waals surface area contributed by atoms with E-state index in [2.05, 4.69) is 72.8 Å². The van der Waals surface area contributed by atoms with Gasteiger partial charge in [0.2, 0.25) is 0 Å². The molecule has 1 heterocycles. The van der Waals surface area contributed by atoms with Crippen molar-refractivity contribution in [3.8, 4) is 34.1 Å². The second kappa shape index (κ2) is 14.8. The lowest BCUT2D eigenvalue weighted by Crippen LogP contribution is -2.33. The highest BCUT2D eigenvalue weighted by atomic mass is 31.2. The van der Waals surface area contributed by atoms with Crippen molar-refractivity contribution in [2.75, 3.05) is 35.0 Å². The molecule has 49 heavy (non-hydrogen) atoms. The molecule has 0 amide bonds. The van der Waals surface area contributed by atoms with Crippen LogP contribution in [0.3, 0.4) is 0 Å². The highest BCUT2D eigenvalue weighted by Crippen LogP contribution is 2.59. The molecular formula is C41H39NO6P+. The summed E-state index contributed by atoms with van der Waals surface area (Å²) in [6.45, 7) is 2.01. The summed E-state index contributed by atoms with van der Waals surface area (Å²) in [5.41, 5.74) is 3.06. The van der Waals surface area contributed by atoms with Crippen LogP contribution in [0.15, 0.2) is 121 Å². The lowest BCUT2D eigenvalue weighted by atomic mass is 9.93. The number of aromatic nitrogens is 1. The SMILES string of the molecule is CCOC(=O)c1c(C[P+](c2ccccc2)(c2ccccc2)c2ccccc2)nc2cc(OC)c(OC)cc2c1-c1ccc(OC)c(OC)c1. The molecule has 0 radical (unpaired) electrons. The van der Waals surface area contributed by atoms with Crippen LogP contribution >= 0.6 is 7.26 Å². The number of benzene rings is 5. The molecule has 248 valence electrons. The molecule has 0 N–H and O–H groups in total. The first-order valence-corrected chi connectivity index (χ1v) is 18.0. The van der Waals surface area contributed by atoms with E-state index in [-0.39, 0.29) is 6.61 Å². The van der Waals surface area contributed by atoms with Gasteiger partial charge in [-0.2, -0.15) is 0 Å². The fraction of sp³-hybridized carbons (Fsp3) is 0.171. The molecule has 0 bridgehead atoms. The van der Waals surface area contributed by atoms with Crippen molar-refractivity contribution >= 4 is 40.0 Å². The average Bonchev–Trinajstić information content (AvgIpc) is 3.16. The summed E-state index contributed by atoms with van der Waals surface area (Å²) in [7, 11) is 3.90. The summed E-state index contributed by atoms with van der Waals surface area (Å²) in [6.07, 6.45) is 0.448. The van der Waals surface area contributed by atoms with Gasteiger partial charge in [-0.3, -0.25) is 0 Å². The minimum absolute atomic E-state index is 0.198. The number of rotatable bonds is 12. The Kier molecular flexibility index (Phi) is 10.1. The van der Waals surface area contributed by atoms with Crippen molar-refractivity contribution in [1.82, 2.24) is 4.98 Å². The molecule has 0 unspecified atom stereocenters. The van der Waals surface area contributed by atoms with E-state index >= 15 is 0 Å². The zero-order chi connectivity index (χ0) is 34.4. The van der Waals surface area contributed by atoms with E-state index in [4.69, 9.17) is 28.7 Å². The summed E-state index contributed by atoms with van der Waals surface area (Å²) < 4.78 is 28.6. The van der Waals surface area contributed by atoms with Gasteiger partial charge in [0, 0.05) is 17.0 Å². The van der Waals surface area contributed by atoms with E-state index < -0.39 is 13.2 Å². The molecule has 0 saturated carbocycles. The molecule has 8 heteroatoms. The smallest absolute Gasteiger partial charge is 0.340 e. The van der Waals surface area contributed by atoms with Gasteiger partial charge in [-0.1, -0.05) is 60.7 Å². The number of fused-ring (bicyclic) bond motifs is 1. The number of pyridine rings is 1. The third-order valence-corrected chi connectivity index (χ3v) is 13.0. The van der Waals surface area contributed by atoms with E-state index in [9.17, 15) is 4.79 Å². The highest BCUT2D eigenvalue weighted by Gasteiger charge is 2.47. The van der Waals surface area contributed by atoms with Crippen LogP contribution in [-0.2, 0) is 10.9 Å². The second-order valence-electron chi connectivity index (χ2n) is 11.3. The van der Waals surface area contributed by atoms with Gasteiger partial charge in [0.25, 0.3) is 0 Å². The van der Waals surface area contributed by atoms with Crippen molar-refractivity contribution in [2.24, 2.45) is 0 Å². The maximum atomic E-state index is 14.4. The predicted molar refractivity (Wildman–Crippen MR) is 198 cm³/mol. The predicted octanol–water partition coefficient (Wildman–Crippen LogP) is 7.61. The third kappa shape index (κ3) is 6.30. The van der Waals surface area contributed by atoms with Gasteiger partial charge in [0.1, 0.15) is 29.3 Å². The summed E-state index contributed by atoms with van der Waals surface area (Å²) in [4.78, 5) is 19.7. The minimum atomic E-state index is -2.48. The Bertz CT molecular complexity index is 1970. The number of hydrogen-bond donors (Lipinski definition) is 0. The fourth-order valence-corrected chi connectivity index (χ4v) is 10.6. The molecule has 0 fully saturated rings. The first kappa shape index (κ1) is 33.5. The molecule has 1 aromatic heterocycles. The van der Waals surface area contributed by atoms with Crippen LogP contribution in [0.4, 0.5) is 0 Å². The number of methoxy groups -OCH3 is 4.